The fraction of sp³-hybridized carbons (Fsp3) is 0.333. The molecule has 102 valence electrons. The van der Waals surface area contributed by atoms with E-state index in [0.29, 0.717) is 27.2 Å². The maximum atomic E-state index is 13.1. The highest BCUT2D eigenvalue weighted by Crippen LogP contribution is 2.49. The predicted octanol–water partition coefficient (Wildman–Crippen LogP) is 3.48. The molecule has 0 spiro atoms. The van der Waals surface area contributed by atoms with E-state index in [1.165, 1.54) is 6.08 Å². The first-order valence-electron chi connectivity index (χ1n) is 5.44. The molecule has 1 aromatic carbocycles. The van der Waals surface area contributed by atoms with Crippen molar-refractivity contribution in [1.29, 1.82) is 0 Å². The lowest BCUT2D eigenvalue weighted by atomic mass is 10.0. The second-order valence-electron chi connectivity index (χ2n) is 4.31. The molecular formula is C12H8ClF3O2S. The van der Waals surface area contributed by atoms with Gasteiger partial charge >= 0.3 is 6.18 Å². The molecule has 2 aliphatic rings. The molecule has 1 N–H and O–H groups in total. The lowest BCUT2D eigenvalue weighted by Gasteiger charge is -2.26. The van der Waals surface area contributed by atoms with Crippen molar-refractivity contribution in [3.05, 3.63) is 34.4 Å². The van der Waals surface area contributed by atoms with Crippen LogP contribution in [0.4, 0.5) is 13.2 Å². The maximum Gasteiger partial charge on any atom is 0.404 e. The molecule has 19 heavy (non-hydrogen) atoms. The van der Waals surface area contributed by atoms with Crippen LogP contribution in [0.2, 0.25) is 5.02 Å². The van der Waals surface area contributed by atoms with Gasteiger partial charge in [-0.3, -0.25) is 0 Å². The molecule has 3 rings (SSSR count). The Morgan fingerprint density at radius 2 is 2.00 bits per heavy atom. The Morgan fingerprint density at radius 3 is 2.58 bits per heavy atom. The fourth-order valence-corrected chi connectivity index (χ4v) is 3.33. The van der Waals surface area contributed by atoms with E-state index in [9.17, 15) is 18.3 Å². The summed E-state index contributed by atoms with van der Waals surface area (Å²) in [7, 11) is 0. The number of aliphatic hydroxyl groups is 1. The fourth-order valence-electron chi connectivity index (χ4n) is 2.02. The van der Waals surface area contributed by atoms with Gasteiger partial charge in [-0.05, 0) is 29.3 Å². The van der Waals surface area contributed by atoms with Crippen LogP contribution in [0.5, 0.6) is 0 Å². The topological polar surface area (TPSA) is 32.8 Å². The highest BCUT2D eigenvalue weighted by atomic mass is 35.5. The molecule has 3 atom stereocenters. The monoisotopic (exact) mass is 308 g/mol. The smallest absolute Gasteiger partial charge is 0.366 e. The maximum absolute atomic E-state index is 13.1. The van der Waals surface area contributed by atoms with Gasteiger partial charge in [0.05, 0.1) is 0 Å². The van der Waals surface area contributed by atoms with Crippen LogP contribution in [0.25, 0.3) is 6.08 Å². The second-order valence-corrected chi connectivity index (χ2v) is 5.90. The average Bonchev–Trinajstić information content (AvgIpc) is 3.03. The predicted molar refractivity (Wildman–Crippen MR) is 66.0 cm³/mol. The van der Waals surface area contributed by atoms with Gasteiger partial charge < -0.3 is 9.84 Å². The van der Waals surface area contributed by atoms with E-state index < -0.39 is 23.8 Å². The van der Waals surface area contributed by atoms with E-state index in [2.05, 4.69) is 0 Å². The van der Waals surface area contributed by atoms with Gasteiger partial charge in [-0.25, -0.2) is 0 Å². The summed E-state index contributed by atoms with van der Waals surface area (Å²) in [5.41, 5.74) is 0.662. The molecule has 1 fully saturated rings. The number of thioether (sulfide) groups is 1. The van der Waals surface area contributed by atoms with Gasteiger partial charge in [-0.1, -0.05) is 17.7 Å². The van der Waals surface area contributed by atoms with E-state index in [4.69, 9.17) is 16.3 Å². The summed E-state index contributed by atoms with van der Waals surface area (Å²) in [5, 5.41) is 7.96. The number of epoxide rings is 1. The van der Waals surface area contributed by atoms with Crippen molar-refractivity contribution in [1.82, 2.24) is 0 Å². The molecule has 2 nitrogen and oxygen atoms in total. The normalized spacial score (nSPS) is 29.7. The van der Waals surface area contributed by atoms with Crippen LogP contribution < -0.4 is 0 Å². The molecule has 0 amide bonds. The lowest BCUT2D eigenvalue weighted by molar-refractivity contribution is -0.122. The summed E-state index contributed by atoms with van der Waals surface area (Å²) >= 11 is 6.54. The van der Waals surface area contributed by atoms with Crippen LogP contribution in [-0.2, 0) is 4.74 Å². The van der Waals surface area contributed by atoms with Crippen molar-refractivity contribution in [2.75, 3.05) is 0 Å². The van der Waals surface area contributed by atoms with Gasteiger partial charge in [-0.15, -0.1) is 11.8 Å². The SMILES string of the molecule is OC1OC1C1=Cc2cc(Cl)ccc2SC1C(F)(F)F. The van der Waals surface area contributed by atoms with Gasteiger partial charge in [0, 0.05) is 9.92 Å². The average molecular weight is 309 g/mol. The minimum Gasteiger partial charge on any atom is -0.366 e. The molecule has 7 heteroatoms. The molecule has 2 aliphatic heterocycles. The zero-order valence-corrected chi connectivity index (χ0v) is 10.9. The van der Waals surface area contributed by atoms with E-state index in [1.807, 2.05) is 0 Å². The summed E-state index contributed by atoms with van der Waals surface area (Å²) in [4.78, 5) is 0.519. The number of aliphatic hydroxyl groups excluding tert-OH is 1. The number of hydrogen-bond acceptors (Lipinski definition) is 3. The number of ether oxygens (including phenoxy) is 1. The standard InChI is InChI=1S/C12H8ClF3O2S/c13-6-1-2-8-5(3-6)4-7(9-11(17)18-9)10(19-8)12(14,15)16/h1-4,9-11,17H. The van der Waals surface area contributed by atoms with E-state index in [1.54, 1.807) is 18.2 Å². The van der Waals surface area contributed by atoms with Crippen molar-refractivity contribution in [3.8, 4) is 0 Å². The molecule has 0 bridgehead atoms. The molecule has 3 unspecified atom stereocenters. The molecule has 1 aromatic rings. The van der Waals surface area contributed by atoms with E-state index in [0.717, 1.165) is 0 Å². The molecule has 0 radical (unpaired) electrons. The van der Waals surface area contributed by atoms with Crippen LogP contribution in [0.15, 0.2) is 28.7 Å². The van der Waals surface area contributed by atoms with Crippen molar-refractivity contribution in [3.63, 3.8) is 0 Å². The first-order chi connectivity index (χ1) is 8.86. The third-order valence-electron chi connectivity index (χ3n) is 2.94. The first-order valence-corrected chi connectivity index (χ1v) is 6.70. The zero-order valence-electron chi connectivity index (χ0n) is 9.32. The second kappa shape index (κ2) is 4.41. The van der Waals surface area contributed by atoms with Gasteiger partial charge in [-0.2, -0.15) is 13.2 Å². The summed E-state index contributed by atoms with van der Waals surface area (Å²) in [5.74, 6) is 0. The highest BCUT2D eigenvalue weighted by molar-refractivity contribution is 8.00. The Bertz CT molecular complexity index is 558. The van der Waals surface area contributed by atoms with Crippen molar-refractivity contribution in [2.45, 2.75) is 28.7 Å². The summed E-state index contributed by atoms with van der Waals surface area (Å²) in [6, 6.07) is 4.73. The van der Waals surface area contributed by atoms with Gasteiger partial charge in [0.25, 0.3) is 0 Å². The van der Waals surface area contributed by atoms with Crippen molar-refractivity contribution in [2.24, 2.45) is 0 Å². The van der Waals surface area contributed by atoms with Gasteiger partial charge in [0.2, 0.25) is 0 Å². The molecule has 0 aromatic heterocycles. The quantitative estimate of drug-likeness (QED) is 0.806. The molecular weight excluding hydrogens is 301 g/mol. The van der Waals surface area contributed by atoms with Crippen molar-refractivity contribution >= 4 is 29.4 Å². The van der Waals surface area contributed by atoms with Crippen LogP contribution in [0, 0.1) is 0 Å². The number of alkyl halides is 3. The Morgan fingerprint density at radius 1 is 1.32 bits per heavy atom. The lowest BCUT2D eigenvalue weighted by Crippen LogP contribution is -2.31. The van der Waals surface area contributed by atoms with Crippen LogP contribution in [-0.4, -0.2) is 28.9 Å². The Hall–Kier alpha value is -0.690. The highest BCUT2D eigenvalue weighted by Gasteiger charge is 2.52. The minimum atomic E-state index is -4.39. The number of halogens is 4. The third-order valence-corrected chi connectivity index (χ3v) is 4.57. The largest absolute Gasteiger partial charge is 0.404 e. The van der Waals surface area contributed by atoms with Gasteiger partial charge in [0.15, 0.2) is 6.29 Å². The number of rotatable bonds is 1. The molecule has 1 saturated heterocycles. The van der Waals surface area contributed by atoms with Gasteiger partial charge in [0.1, 0.15) is 11.4 Å². The summed E-state index contributed by atoms with van der Waals surface area (Å²) in [6.45, 7) is 0. The van der Waals surface area contributed by atoms with Crippen LogP contribution in [0.3, 0.4) is 0 Å². The summed E-state index contributed by atoms with van der Waals surface area (Å²) in [6.07, 6.45) is -4.99. The Balaban J connectivity index is 2.04. The molecule has 0 saturated carbocycles. The first kappa shape index (κ1) is 13.3. The Kier molecular flexibility index (Phi) is 3.09. The number of hydrogen-bond donors (Lipinski definition) is 1. The molecule has 0 aliphatic carbocycles. The van der Waals surface area contributed by atoms with E-state index >= 15 is 0 Å². The van der Waals surface area contributed by atoms with Crippen molar-refractivity contribution < 1.29 is 23.0 Å². The number of benzene rings is 1. The van der Waals surface area contributed by atoms with Crippen LogP contribution >= 0.6 is 23.4 Å². The molecule has 2 heterocycles. The van der Waals surface area contributed by atoms with Crippen LogP contribution in [0.1, 0.15) is 5.56 Å². The third kappa shape index (κ3) is 2.50. The zero-order chi connectivity index (χ0) is 13.8. The van der Waals surface area contributed by atoms with E-state index in [-0.39, 0.29) is 5.57 Å². The number of fused-ring (bicyclic) bond motifs is 1. The summed E-state index contributed by atoms with van der Waals surface area (Å²) < 4.78 is 43.9. The Labute approximate surface area is 116 Å². The minimum absolute atomic E-state index is 0.0415.